The van der Waals surface area contributed by atoms with Crippen molar-refractivity contribution in [1.29, 1.82) is 0 Å². The molecule has 0 saturated heterocycles. The van der Waals surface area contributed by atoms with Gasteiger partial charge in [0.25, 0.3) is 5.91 Å². The molecule has 1 rings (SSSR count). The molecule has 4 heteroatoms. The van der Waals surface area contributed by atoms with Gasteiger partial charge in [-0.2, -0.15) is 0 Å². The maximum absolute atomic E-state index is 11.8. The van der Waals surface area contributed by atoms with Gasteiger partial charge in [0.2, 0.25) is 0 Å². The molecule has 4 nitrogen and oxygen atoms in total. The molecule has 1 aromatic carbocycles. The Kier molecular flexibility index (Phi) is 5.36. The van der Waals surface area contributed by atoms with Gasteiger partial charge in [-0.15, -0.1) is 0 Å². The number of para-hydroxylation sites is 1. The number of carbonyl (C=O) groups excluding carboxylic acids is 1. The van der Waals surface area contributed by atoms with E-state index < -0.39 is 0 Å². The van der Waals surface area contributed by atoms with E-state index in [-0.39, 0.29) is 5.91 Å². The molecule has 1 radical (unpaired) electrons. The Bertz CT molecular complexity index is 339. The molecular formula is C12H18N3O. The first-order valence-corrected chi connectivity index (χ1v) is 5.49. The standard InChI is InChI=1S/C12H18N3O/c1-14-11-7-3-2-6-10(11)12(16)15-9-5-4-8-13/h2-3,6-7,13-14H,4-5,8-9H2,1H3,(H,15,16). The van der Waals surface area contributed by atoms with Gasteiger partial charge in [0.05, 0.1) is 5.56 Å². The Morgan fingerprint density at radius 2 is 2.06 bits per heavy atom. The Hall–Kier alpha value is -1.55. The maximum Gasteiger partial charge on any atom is 0.253 e. The number of hydrogen-bond acceptors (Lipinski definition) is 2. The Labute approximate surface area is 96.2 Å². The van der Waals surface area contributed by atoms with Crippen LogP contribution in [-0.4, -0.2) is 26.0 Å². The van der Waals surface area contributed by atoms with E-state index in [9.17, 15) is 4.79 Å². The zero-order chi connectivity index (χ0) is 11.8. The van der Waals surface area contributed by atoms with E-state index in [1.54, 1.807) is 13.1 Å². The highest BCUT2D eigenvalue weighted by Gasteiger charge is 2.08. The van der Waals surface area contributed by atoms with Crippen molar-refractivity contribution in [3.63, 3.8) is 0 Å². The van der Waals surface area contributed by atoms with Gasteiger partial charge in [0.15, 0.2) is 0 Å². The molecule has 0 aromatic heterocycles. The summed E-state index contributed by atoms with van der Waals surface area (Å²) >= 11 is 0. The second-order valence-electron chi connectivity index (χ2n) is 3.51. The molecule has 0 heterocycles. The van der Waals surface area contributed by atoms with Crippen molar-refractivity contribution in [3.8, 4) is 0 Å². The lowest BCUT2D eigenvalue weighted by molar-refractivity contribution is 0.0954. The highest BCUT2D eigenvalue weighted by Crippen LogP contribution is 2.13. The van der Waals surface area contributed by atoms with E-state index in [0.29, 0.717) is 18.7 Å². The number of anilines is 1. The van der Waals surface area contributed by atoms with Gasteiger partial charge < -0.3 is 10.6 Å². The summed E-state index contributed by atoms with van der Waals surface area (Å²) in [5.41, 5.74) is 8.49. The van der Waals surface area contributed by atoms with Crippen molar-refractivity contribution < 1.29 is 4.79 Å². The molecule has 0 saturated carbocycles. The van der Waals surface area contributed by atoms with E-state index in [4.69, 9.17) is 5.73 Å². The molecule has 1 amide bonds. The first-order chi connectivity index (χ1) is 7.79. The largest absolute Gasteiger partial charge is 0.387 e. The first kappa shape index (κ1) is 12.5. The summed E-state index contributed by atoms with van der Waals surface area (Å²) in [7, 11) is 1.80. The first-order valence-electron chi connectivity index (χ1n) is 5.49. The summed E-state index contributed by atoms with van der Waals surface area (Å²) in [6.07, 6.45) is 1.69. The predicted molar refractivity (Wildman–Crippen MR) is 65.5 cm³/mol. The summed E-state index contributed by atoms with van der Waals surface area (Å²) < 4.78 is 0. The molecule has 1 aromatic rings. The number of carbonyl (C=O) groups is 1. The van der Waals surface area contributed by atoms with Gasteiger partial charge in [0, 0.05) is 25.8 Å². The fraction of sp³-hybridized carbons (Fsp3) is 0.417. The molecular weight excluding hydrogens is 202 g/mol. The summed E-state index contributed by atoms with van der Waals surface area (Å²) in [6, 6.07) is 7.41. The zero-order valence-corrected chi connectivity index (χ0v) is 9.55. The normalized spacial score (nSPS) is 9.88. The molecule has 0 atom stereocenters. The minimum Gasteiger partial charge on any atom is -0.387 e. The van der Waals surface area contributed by atoms with E-state index in [2.05, 4.69) is 10.6 Å². The van der Waals surface area contributed by atoms with Crippen molar-refractivity contribution in [1.82, 2.24) is 11.1 Å². The van der Waals surface area contributed by atoms with Crippen LogP contribution in [0.25, 0.3) is 0 Å². The minimum absolute atomic E-state index is 0.0602. The van der Waals surface area contributed by atoms with Crippen LogP contribution >= 0.6 is 0 Å². The third-order valence-corrected chi connectivity index (χ3v) is 2.33. The fourth-order valence-electron chi connectivity index (χ4n) is 1.45. The van der Waals surface area contributed by atoms with E-state index >= 15 is 0 Å². The Morgan fingerprint density at radius 3 is 2.75 bits per heavy atom. The molecule has 0 aliphatic heterocycles. The average molecular weight is 220 g/mol. The molecule has 3 N–H and O–H groups in total. The zero-order valence-electron chi connectivity index (χ0n) is 9.55. The van der Waals surface area contributed by atoms with Gasteiger partial charge in [-0.1, -0.05) is 12.1 Å². The van der Waals surface area contributed by atoms with Crippen LogP contribution in [0.15, 0.2) is 24.3 Å². The van der Waals surface area contributed by atoms with Crippen LogP contribution in [0.2, 0.25) is 0 Å². The van der Waals surface area contributed by atoms with Gasteiger partial charge in [-0.05, 0) is 25.0 Å². The highest BCUT2D eigenvalue weighted by atomic mass is 16.1. The lowest BCUT2D eigenvalue weighted by atomic mass is 10.1. The molecule has 0 aliphatic carbocycles. The van der Waals surface area contributed by atoms with Crippen molar-refractivity contribution >= 4 is 11.6 Å². The number of benzene rings is 1. The molecule has 0 unspecified atom stereocenters. The molecule has 0 bridgehead atoms. The van der Waals surface area contributed by atoms with E-state index in [1.807, 2.05) is 18.2 Å². The van der Waals surface area contributed by atoms with Crippen LogP contribution in [0.5, 0.6) is 0 Å². The van der Waals surface area contributed by atoms with Crippen molar-refractivity contribution in [2.75, 3.05) is 25.5 Å². The molecule has 87 valence electrons. The number of hydrogen-bond donors (Lipinski definition) is 2. The van der Waals surface area contributed by atoms with Crippen molar-refractivity contribution in [2.24, 2.45) is 0 Å². The SMILES string of the molecule is CNc1ccccc1C(=O)NCCCC[NH]. The second kappa shape index (κ2) is 6.85. The van der Waals surface area contributed by atoms with Crippen LogP contribution in [0.3, 0.4) is 0 Å². The van der Waals surface area contributed by atoms with Gasteiger partial charge in [-0.3, -0.25) is 10.5 Å². The third-order valence-electron chi connectivity index (χ3n) is 2.33. The van der Waals surface area contributed by atoms with E-state index in [0.717, 1.165) is 18.5 Å². The quantitative estimate of drug-likeness (QED) is 0.714. The van der Waals surface area contributed by atoms with Crippen LogP contribution in [-0.2, 0) is 0 Å². The van der Waals surface area contributed by atoms with E-state index in [1.165, 1.54) is 0 Å². The van der Waals surface area contributed by atoms with Crippen molar-refractivity contribution in [2.45, 2.75) is 12.8 Å². The van der Waals surface area contributed by atoms with Crippen LogP contribution in [0.4, 0.5) is 5.69 Å². The summed E-state index contributed by atoms with van der Waals surface area (Å²) in [5.74, 6) is -0.0602. The Balaban J connectivity index is 2.52. The van der Waals surface area contributed by atoms with Crippen LogP contribution in [0, 0.1) is 0 Å². The topological polar surface area (TPSA) is 64.9 Å². The molecule has 0 spiro atoms. The number of rotatable bonds is 6. The monoisotopic (exact) mass is 220 g/mol. The predicted octanol–water partition coefficient (Wildman–Crippen LogP) is 1.52. The van der Waals surface area contributed by atoms with Crippen LogP contribution in [0.1, 0.15) is 23.2 Å². The van der Waals surface area contributed by atoms with Crippen LogP contribution < -0.4 is 16.4 Å². The summed E-state index contributed by atoms with van der Waals surface area (Å²) in [5, 5.41) is 5.83. The lowest BCUT2D eigenvalue weighted by Crippen LogP contribution is -2.25. The number of amides is 1. The highest BCUT2D eigenvalue weighted by molar-refractivity contribution is 5.99. The smallest absolute Gasteiger partial charge is 0.253 e. The van der Waals surface area contributed by atoms with Gasteiger partial charge in [-0.25, -0.2) is 0 Å². The van der Waals surface area contributed by atoms with Crippen molar-refractivity contribution in [3.05, 3.63) is 29.8 Å². The molecule has 0 aliphatic rings. The number of unbranched alkanes of at least 4 members (excludes halogenated alkanes) is 1. The molecule has 16 heavy (non-hydrogen) atoms. The summed E-state index contributed by atoms with van der Waals surface area (Å²) in [6.45, 7) is 1.05. The van der Waals surface area contributed by atoms with Gasteiger partial charge in [0.1, 0.15) is 0 Å². The second-order valence-corrected chi connectivity index (χ2v) is 3.51. The summed E-state index contributed by atoms with van der Waals surface area (Å²) in [4.78, 5) is 11.8. The minimum atomic E-state index is -0.0602. The van der Waals surface area contributed by atoms with Gasteiger partial charge >= 0.3 is 0 Å². The molecule has 0 fully saturated rings. The Morgan fingerprint density at radius 1 is 1.31 bits per heavy atom. The maximum atomic E-state index is 11.8. The fourth-order valence-corrected chi connectivity index (χ4v) is 1.45. The average Bonchev–Trinajstić information content (AvgIpc) is 2.34. The third kappa shape index (κ3) is 3.55. The lowest BCUT2D eigenvalue weighted by Gasteiger charge is -2.09. The number of nitrogens with one attached hydrogen (secondary N) is 3.